The Morgan fingerprint density at radius 2 is 1.54 bits per heavy atom. The zero-order chi connectivity index (χ0) is 19.0. The summed E-state index contributed by atoms with van der Waals surface area (Å²) >= 11 is 0. The number of amides is 4. The first-order valence-electron chi connectivity index (χ1n) is 8.45. The summed E-state index contributed by atoms with van der Waals surface area (Å²) in [5.74, 6) is -0.634. The van der Waals surface area contributed by atoms with Gasteiger partial charge in [0.2, 0.25) is 0 Å². The zero-order valence-electron chi connectivity index (χ0n) is 15.2. The van der Waals surface area contributed by atoms with E-state index in [9.17, 15) is 14.4 Å². The van der Waals surface area contributed by atoms with Crippen LogP contribution < -0.4 is 10.6 Å². The highest BCUT2D eigenvalue weighted by molar-refractivity contribution is 6.22. The van der Waals surface area contributed by atoms with E-state index in [0.717, 1.165) is 16.8 Å². The Kier molecular flexibility index (Phi) is 4.50. The molecule has 0 aliphatic carbocycles. The average Bonchev–Trinajstić information content (AvgIpc) is 2.82. The second-order valence-corrected chi connectivity index (χ2v) is 6.68. The minimum absolute atomic E-state index is 0.217. The van der Waals surface area contributed by atoms with Crippen molar-refractivity contribution in [2.45, 2.75) is 33.7 Å². The maximum absolute atomic E-state index is 12.4. The van der Waals surface area contributed by atoms with Gasteiger partial charge < -0.3 is 10.6 Å². The predicted octanol–water partition coefficient (Wildman–Crippen LogP) is 3.95. The topological polar surface area (TPSA) is 78.5 Å². The summed E-state index contributed by atoms with van der Waals surface area (Å²) in [7, 11) is 0. The Morgan fingerprint density at radius 1 is 0.923 bits per heavy atom. The van der Waals surface area contributed by atoms with Crippen molar-refractivity contribution in [2.24, 2.45) is 0 Å². The molecule has 0 saturated carbocycles. The molecule has 0 aromatic heterocycles. The number of urea groups is 1. The van der Waals surface area contributed by atoms with Crippen LogP contribution in [-0.4, -0.2) is 28.8 Å². The largest absolute Gasteiger partial charge is 0.323 e. The molecule has 0 saturated heterocycles. The molecule has 6 nitrogen and oxygen atoms in total. The molecule has 4 amide bonds. The second kappa shape index (κ2) is 6.63. The number of fused-ring (bicyclic) bond motifs is 1. The molecule has 6 heteroatoms. The first-order chi connectivity index (χ1) is 12.3. The normalized spacial score (nSPS) is 13.2. The number of para-hydroxylation sites is 1. The van der Waals surface area contributed by atoms with Crippen molar-refractivity contribution in [1.82, 2.24) is 4.90 Å². The molecule has 2 N–H and O–H groups in total. The number of carbonyl (C=O) groups excluding carboxylic acids is 3. The average molecular weight is 351 g/mol. The minimum Gasteiger partial charge on any atom is -0.308 e. The summed E-state index contributed by atoms with van der Waals surface area (Å²) in [6, 6.07) is 9.89. The van der Waals surface area contributed by atoms with E-state index in [-0.39, 0.29) is 17.9 Å². The first-order valence-corrected chi connectivity index (χ1v) is 8.45. The fourth-order valence-corrected chi connectivity index (χ4v) is 3.09. The monoisotopic (exact) mass is 351 g/mol. The molecule has 0 bridgehead atoms. The standard InChI is InChI=1S/C20H21N3O3/c1-11(2)23-18(24)15-9-8-14(10-16(15)19(23)25)21-20(26)22-17-12(3)6-5-7-13(17)4/h5-11H,1-4H3,(H2,21,22,26). The second-order valence-electron chi connectivity index (χ2n) is 6.68. The van der Waals surface area contributed by atoms with E-state index in [1.807, 2.05) is 32.0 Å². The molecule has 0 fully saturated rings. The van der Waals surface area contributed by atoms with Crippen molar-refractivity contribution in [1.29, 1.82) is 0 Å². The molecule has 3 rings (SSSR count). The number of benzene rings is 2. The number of hydrogen-bond acceptors (Lipinski definition) is 3. The summed E-state index contributed by atoms with van der Waals surface area (Å²) < 4.78 is 0. The van der Waals surface area contributed by atoms with Gasteiger partial charge >= 0.3 is 6.03 Å². The van der Waals surface area contributed by atoms with Crippen molar-refractivity contribution in [3.05, 3.63) is 58.7 Å². The van der Waals surface area contributed by atoms with E-state index >= 15 is 0 Å². The van der Waals surface area contributed by atoms with E-state index in [1.165, 1.54) is 4.90 Å². The molecule has 0 atom stereocenters. The quantitative estimate of drug-likeness (QED) is 0.822. The number of nitrogens with one attached hydrogen (secondary N) is 2. The van der Waals surface area contributed by atoms with Crippen molar-refractivity contribution in [3.63, 3.8) is 0 Å². The van der Waals surface area contributed by atoms with Crippen LogP contribution in [0.5, 0.6) is 0 Å². The number of hydrogen-bond donors (Lipinski definition) is 2. The van der Waals surface area contributed by atoms with Crippen molar-refractivity contribution >= 4 is 29.2 Å². The van der Waals surface area contributed by atoms with Crippen LogP contribution in [0.2, 0.25) is 0 Å². The van der Waals surface area contributed by atoms with Gasteiger partial charge in [-0.25, -0.2) is 4.79 Å². The number of anilines is 2. The van der Waals surface area contributed by atoms with Gasteiger partial charge in [-0.15, -0.1) is 0 Å². The number of aryl methyl sites for hydroxylation is 2. The Labute approximate surface area is 152 Å². The fraction of sp³-hybridized carbons (Fsp3) is 0.250. The van der Waals surface area contributed by atoms with Crippen LogP contribution in [0, 0.1) is 13.8 Å². The van der Waals surface area contributed by atoms with Crippen LogP contribution in [0.1, 0.15) is 45.7 Å². The Bertz CT molecular complexity index is 898. The zero-order valence-corrected chi connectivity index (χ0v) is 15.2. The molecule has 2 aromatic carbocycles. The van der Waals surface area contributed by atoms with Gasteiger partial charge in [0, 0.05) is 17.4 Å². The summed E-state index contributed by atoms with van der Waals surface area (Å²) in [4.78, 5) is 38.3. The van der Waals surface area contributed by atoms with Gasteiger partial charge in [0.05, 0.1) is 11.1 Å². The third-order valence-electron chi connectivity index (χ3n) is 4.41. The number of carbonyl (C=O) groups is 3. The van der Waals surface area contributed by atoms with E-state index in [0.29, 0.717) is 16.8 Å². The van der Waals surface area contributed by atoms with Crippen LogP contribution in [0.25, 0.3) is 0 Å². The summed E-state index contributed by atoms with van der Waals surface area (Å²) in [5.41, 5.74) is 3.81. The summed E-state index contributed by atoms with van der Waals surface area (Å²) in [6.07, 6.45) is 0. The van der Waals surface area contributed by atoms with Gasteiger partial charge in [-0.3, -0.25) is 14.5 Å². The lowest BCUT2D eigenvalue weighted by atomic mass is 10.1. The molecular weight excluding hydrogens is 330 g/mol. The van der Waals surface area contributed by atoms with Crippen LogP contribution >= 0.6 is 0 Å². The number of rotatable bonds is 3. The van der Waals surface area contributed by atoms with Gasteiger partial charge in [-0.2, -0.15) is 0 Å². The van der Waals surface area contributed by atoms with Crippen molar-refractivity contribution < 1.29 is 14.4 Å². The van der Waals surface area contributed by atoms with Crippen LogP contribution in [-0.2, 0) is 0 Å². The lowest BCUT2D eigenvalue weighted by Crippen LogP contribution is -2.35. The van der Waals surface area contributed by atoms with E-state index < -0.39 is 6.03 Å². The molecule has 2 aromatic rings. The van der Waals surface area contributed by atoms with Crippen LogP contribution in [0.15, 0.2) is 36.4 Å². The Hall–Kier alpha value is -3.15. The van der Waals surface area contributed by atoms with E-state index in [2.05, 4.69) is 10.6 Å². The van der Waals surface area contributed by atoms with E-state index in [1.54, 1.807) is 32.0 Å². The van der Waals surface area contributed by atoms with Gasteiger partial charge in [0.15, 0.2) is 0 Å². The smallest absolute Gasteiger partial charge is 0.308 e. The van der Waals surface area contributed by atoms with E-state index in [4.69, 9.17) is 0 Å². The predicted molar refractivity (Wildman–Crippen MR) is 101 cm³/mol. The van der Waals surface area contributed by atoms with Crippen molar-refractivity contribution in [2.75, 3.05) is 10.6 Å². The highest BCUT2D eigenvalue weighted by Crippen LogP contribution is 2.27. The molecule has 1 aliphatic heterocycles. The molecule has 1 heterocycles. The van der Waals surface area contributed by atoms with Gasteiger partial charge in [0.25, 0.3) is 11.8 Å². The maximum atomic E-state index is 12.4. The maximum Gasteiger partial charge on any atom is 0.323 e. The highest BCUT2D eigenvalue weighted by atomic mass is 16.2. The Balaban J connectivity index is 1.80. The molecule has 1 aliphatic rings. The molecule has 0 unspecified atom stereocenters. The number of nitrogens with zero attached hydrogens (tertiary/aromatic N) is 1. The van der Waals surface area contributed by atoms with Gasteiger partial charge in [0.1, 0.15) is 0 Å². The third-order valence-corrected chi connectivity index (χ3v) is 4.41. The number of imide groups is 1. The summed E-state index contributed by atoms with van der Waals surface area (Å²) in [6.45, 7) is 7.42. The molecule has 26 heavy (non-hydrogen) atoms. The lowest BCUT2D eigenvalue weighted by molar-refractivity contribution is 0.0609. The molecule has 0 spiro atoms. The first kappa shape index (κ1) is 17.7. The minimum atomic E-state index is -0.403. The third kappa shape index (κ3) is 3.06. The molecular formula is C20H21N3O3. The molecule has 134 valence electrons. The SMILES string of the molecule is Cc1cccc(C)c1NC(=O)Nc1ccc2c(c1)C(=O)N(C(C)C)C2=O. The van der Waals surface area contributed by atoms with Gasteiger partial charge in [-0.05, 0) is 57.0 Å². The highest BCUT2D eigenvalue weighted by Gasteiger charge is 2.37. The molecule has 0 radical (unpaired) electrons. The Morgan fingerprint density at radius 3 is 2.15 bits per heavy atom. The fourth-order valence-electron chi connectivity index (χ4n) is 3.09. The lowest BCUT2D eigenvalue weighted by Gasteiger charge is -2.17. The van der Waals surface area contributed by atoms with Gasteiger partial charge in [-0.1, -0.05) is 18.2 Å². The summed E-state index contributed by atoms with van der Waals surface area (Å²) in [5, 5.41) is 5.55. The van der Waals surface area contributed by atoms with Crippen LogP contribution in [0.4, 0.5) is 16.2 Å². The van der Waals surface area contributed by atoms with Crippen LogP contribution in [0.3, 0.4) is 0 Å². The van der Waals surface area contributed by atoms with Crippen molar-refractivity contribution in [3.8, 4) is 0 Å².